The van der Waals surface area contributed by atoms with Gasteiger partial charge in [-0.25, -0.2) is 4.79 Å². The van der Waals surface area contributed by atoms with Gasteiger partial charge in [0.2, 0.25) is 0 Å². The van der Waals surface area contributed by atoms with Crippen molar-refractivity contribution in [2.24, 2.45) is 0 Å². The lowest BCUT2D eigenvalue weighted by molar-refractivity contribution is -0.138. The molecule has 1 amide bonds. The van der Waals surface area contributed by atoms with E-state index in [4.69, 9.17) is 4.74 Å². The van der Waals surface area contributed by atoms with Crippen LogP contribution in [-0.2, 0) is 20.5 Å². The predicted octanol–water partition coefficient (Wildman–Crippen LogP) is 5.71. The van der Waals surface area contributed by atoms with E-state index >= 15 is 0 Å². The van der Waals surface area contributed by atoms with E-state index in [1.54, 1.807) is 19.1 Å². The molecular formula is C24H22F3NO3. The molecule has 0 fully saturated rings. The van der Waals surface area contributed by atoms with Crippen molar-refractivity contribution >= 4 is 23.6 Å². The van der Waals surface area contributed by atoms with E-state index in [1.165, 1.54) is 23.1 Å². The quantitative estimate of drug-likeness (QED) is 0.462. The summed E-state index contributed by atoms with van der Waals surface area (Å²) < 4.78 is 45.1. The lowest BCUT2D eigenvalue weighted by atomic mass is 10.00. The van der Waals surface area contributed by atoms with Gasteiger partial charge in [-0.1, -0.05) is 44.2 Å². The number of ether oxygens (including phenoxy) is 1. The Kier molecular flexibility index (Phi) is 6.06. The second-order valence-corrected chi connectivity index (χ2v) is 7.48. The van der Waals surface area contributed by atoms with Crippen LogP contribution in [0.1, 0.15) is 43.4 Å². The first kappa shape index (κ1) is 22.3. The third-order valence-corrected chi connectivity index (χ3v) is 5.17. The highest BCUT2D eigenvalue weighted by Crippen LogP contribution is 2.38. The number of carbonyl (C=O) groups excluding carboxylic acids is 2. The first-order valence-electron chi connectivity index (χ1n) is 9.68. The van der Waals surface area contributed by atoms with Gasteiger partial charge in [0, 0.05) is 11.4 Å². The van der Waals surface area contributed by atoms with Crippen molar-refractivity contribution < 1.29 is 27.5 Å². The van der Waals surface area contributed by atoms with Crippen LogP contribution in [0.2, 0.25) is 0 Å². The van der Waals surface area contributed by atoms with Gasteiger partial charge >= 0.3 is 12.1 Å². The molecule has 2 aromatic carbocycles. The van der Waals surface area contributed by atoms with Crippen LogP contribution in [0.3, 0.4) is 0 Å². The minimum absolute atomic E-state index is 0.0580. The van der Waals surface area contributed by atoms with Crippen LogP contribution in [0.5, 0.6) is 0 Å². The number of anilines is 1. The monoisotopic (exact) mass is 429 g/mol. The molecule has 2 aromatic rings. The molecule has 1 aliphatic rings. The zero-order valence-corrected chi connectivity index (χ0v) is 17.6. The topological polar surface area (TPSA) is 46.6 Å². The average Bonchev–Trinajstić information content (AvgIpc) is 2.96. The largest absolute Gasteiger partial charge is 0.465 e. The van der Waals surface area contributed by atoms with E-state index in [-0.39, 0.29) is 16.7 Å². The fraction of sp³-hybridized carbons (Fsp3) is 0.250. The average molecular weight is 429 g/mol. The molecule has 162 valence electrons. The Balaban J connectivity index is 2.15. The van der Waals surface area contributed by atoms with Crippen molar-refractivity contribution in [3.05, 3.63) is 82.1 Å². The molecule has 0 aliphatic carbocycles. The molecule has 0 radical (unpaired) electrons. The summed E-state index contributed by atoms with van der Waals surface area (Å²) in [5, 5.41) is 0. The number of nitrogens with zero attached hydrogens (tertiary/aromatic N) is 1. The third-order valence-electron chi connectivity index (χ3n) is 5.17. The summed E-state index contributed by atoms with van der Waals surface area (Å²) in [6, 6.07) is 12.1. The number of rotatable bonds is 4. The molecule has 0 unspecified atom stereocenters. The molecule has 7 heteroatoms. The summed E-state index contributed by atoms with van der Waals surface area (Å²) in [6.45, 7) is 5.64. The van der Waals surface area contributed by atoms with E-state index in [2.05, 4.69) is 0 Å². The Bertz CT molecular complexity index is 1080. The van der Waals surface area contributed by atoms with E-state index in [9.17, 15) is 22.8 Å². The predicted molar refractivity (Wildman–Crippen MR) is 112 cm³/mol. The highest BCUT2D eigenvalue weighted by atomic mass is 19.4. The normalized spacial score (nSPS) is 15.9. The van der Waals surface area contributed by atoms with Crippen molar-refractivity contribution in [2.75, 3.05) is 12.0 Å². The highest BCUT2D eigenvalue weighted by Gasteiger charge is 2.39. The number of methoxy groups -OCH3 is 1. The molecule has 0 N–H and O–H groups in total. The molecule has 0 bridgehead atoms. The van der Waals surface area contributed by atoms with E-state index in [0.717, 1.165) is 24.8 Å². The molecular weight excluding hydrogens is 407 g/mol. The Morgan fingerprint density at radius 3 is 2.23 bits per heavy atom. The summed E-state index contributed by atoms with van der Waals surface area (Å²) in [6.07, 6.45) is -3.50. The maximum Gasteiger partial charge on any atom is 0.416 e. The molecule has 0 saturated carbocycles. The number of benzene rings is 2. The first-order valence-corrected chi connectivity index (χ1v) is 9.68. The fourth-order valence-electron chi connectivity index (χ4n) is 3.54. The minimum atomic E-state index is -4.61. The number of alkyl halides is 3. The van der Waals surface area contributed by atoms with Crippen LogP contribution in [0.4, 0.5) is 18.9 Å². The van der Waals surface area contributed by atoms with Crippen LogP contribution < -0.4 is 4.90 Å². The molecule has 0 saturated heterocycles. The van der Waals surface area contributed by atoms with Gasteiger partial charge in [0.05, 0.1) is 23.8 Å². The lowest BCUT2D eigenvalue weighted by Crippen LogP contribution is -2.24. The number of hydrogen-bond acceptors (Lipinski definition) is 3. The van der Waals surface area contributed by atoms with Crippen LogP contribution in [0.25, 0.3) is 6.08 Å². The SMILES string of the molecule is COC(=O)C1=C(C)N(c2ccc(C(C)C)cc2)C(=O)/C1=C\c1ccccc1C(F)(F)F. The van der Waals surface area contributed by atoms with Gasteiger partial charge in [-0.05, 0) is 48.2 Å². The van der Waals surface area contributed by atoms with Gasteiger partial charge in [0.1, 0.15) is 0 Å². The number of halogens is 3. The van der Waals surface area contributed by atoms with Crippen LogP contribution in [-0.4, -0.2) is 19.0 Å². The molecule has 0 atom stereocenters. The summed E-state index contributed by atoms with van der Waals surface area (Å²) in [5.74, 6) is -1.09. The molecule has 3 rings (SSSR count). The lowest BCUT2D eigenvalue weighted by Gasteiger charge is -2.19. The molecule has 4 nitrogen and oxygen atoms in total. The van der Waals surface area contributed by atoms with Crippen molar-refractivity contribution in [1.29, 1.82) is 0 Å². The van der Waals surface area contributed by atoms with Crippen LogP contribution in [0, 0.1) is 0 Å². The summed E-state index contributed by atoms with van der Waals surface area (Å²) in [7, 11) is 1.16. The van der Waals surface area contributed by atoms with Gasteiger partial charge in [-0.15, -0.1) is 0 Å². The first-order chi connectivity index (χ1) is 14.6. The maximum atomic E-state index is 13.4. The second-order valence-electron chi connectivity index (χ2n) is 7.48. The van der Waals surface area contributed by atoms with Crippen LogP contribution >= 0.6 is 0 Å². The number of carbonyl (C=O) groups is 2. The van der Waals surface area contributed by atoms with Gasteiger partial charge < -0.3 is 4.74 Å². The Labute approximate surface area is 178 Å². The fourth-order valence-corrected chi connectivity index (χ4v) is 3.54. The standard InChI is InChI=1S/C24H22F3NO3/c1-14(2)16-9-11-18(12-10-16)28-15(3)21(23(30)31-4)19(22(28)29)13-17-7-5-6-8-20(17)24(25,26)27/h5-14H,1-4H3/b19-13-. The van der Waals surface area contributed by atoms with Crippen molar-refractivity contribution in [1.82, 2.24) is 0 Å². The second kappa shape index (κ2) is 8.41. The maximum absolute atomic E-state index is 13.4. The molecule has 1 heterocycles. The molecule has 0 spiro atoms. The van der Waals surface area contributed by atoms with Gasteiger partial charge in [-0.2, -0.15) is 13.2 Å². The summed E-state index contributed by atoms with van der Waals surface area (Å²) in [5.41, 5.74) is 0.582. The van der Waals surface area contributed by atoms with Crippen LogP contribution in [0.15, 0.2) is 65.4 Å². The van der Waals surface area contributed by atoms with Crippen molar-refractivity contribution in [2.45, 2.75) is 32.9 Å². The number of esters is 1. The van der Waals surface area contributed by atoms with E-state index in [1.807, 2.05) is 26.0 Å². The third kappa shape index (κ3) is 4.26. The summed E-state index contributed by atoms with van der Waals surface area (Å²) >= 11 is 0. The highest BCUT2D eigenvalue weighted by molar-refractivity contribution is 6.23. The van der Waals surface area contributed by atoms with Crippen molar-refractivity contribution in [3.8, 4) is 0 Å². The van der Waals surface area contributed by atoms with E-state index < -0.39 is 23.6 Å². The van der Waals surface area contributed by atoms with Gasteiger partial charge in [-0.3, -0.25) is 9.69 Å². The van der Waals surface area contributed by atoms with Gasteiger partial charge in [0.15, 0.2) is 0 Å². The minimum Gasteiger partial charge on any atom is -0.465 e. The molecule has 1 aliphatic heterocycles. The van der Waals surface area contributed by atoms with E-state index in [0.29, 0.717) is 17.3 Å². The smallest absolute Gasteiger partial charge is 0.416 e. The Morgan fingerprint density at radius 1 is 1.06 bits per heavy atom. The van der Waals surface area contributed by atoms with Gasteiger partial charge in [0.25, 0.3) is 5.91 Å². The molecule has 0 aromatic heterocycles. The Hall–Kier alpha value is -3.35. The zero-order valence-electron chi connectivity index (χ0n) is 17.6. The summed E-state index contributed by atoms with van der Waals surface area (Å²) in [4.78, 5) is 27.0. The zero-order chi connectivity index (χ0) is 22.9. The molecule has 31 heavy (non-hydrogen) atoms. The number of allylic oxidation sites excluding steroid dienone is 1. The van der Waals surface area contributed by atoms with Crippen molar-refractivity contribution in [3.63, 3.8) is 0 Å². The Morgan fingerprint density at radius 2 is 1.68 bits per heavy atom. The number of hydrogen-bond donors (Lipinski definition) is 0. The number of amides is 1.